The third-order valence-corrected chi connectivity index (χ3v) is 6.47. The van der Waals surface area contributed by atoms with E-state index in [4.69, 9.17) is 5.73 Å². The minimum absolute atomic E-state index is 0.376. The lowest BCUT2D eigenvalue weighted by Gasteiger charge is -2.39. The Morgan fingerprint density at radius 1 is 1.06 bits per heavy atom. The van der Waals surface area contributed by atoms with Crippen molar-refractivity contribution in [2.75, 3.05) is 13.1 Å². The Morgan fingerprint density at radius 3 is 1.94 bits per heavy atom. The topological polar surface area (TPSA) is 38.0 Å². The van der Waals surface area contributed by atoms with Crippen molar-refractivity contribution in [1.29, 1.82) is 0 Å². The Kier molecular flexibility index (Phi) is 3.57. The van der Waals surface area contributed by atoms with E-state index in [9.17, 15) is 0 Å². The first kappa shape index (κ1) is 14.3. The summed E-state index contributed by atoms with van der Waals surface area (Å²) in [5.41, 5.74) is 7.33. The minimum Gasteiger partial charge on any atom is -0.330 e. The molecule has 0 aromatic carbocycles. The Balaban J connectivity index is 1.89. The second-order valence-corrected chi connectivity index (χ2v) is 8.14. The van der Waals surface area contributed by atoms with Crippen LogP contribution >= 0.6 is 0 Å². The van der Waals surface area contributed by atoms with Crippen LogP contribution in [0.1, 0.15) is 60.3 Å². The molecule has 0 atom stereocenters. The summed E-state index contributed by atoms with van der Waals surface area (Å²) in [7, 11) is 0. The normalized spacial score (nSPS) is 38.7. The van der Waals surface area contributed by atoms with E-state index in [1.54, 1.807) is 0 Å². The lowest BCUT2D eigenvalue weighted by Crippen LogP contribution is -2.44. The lowest BCUT2D eigenvalue weighted by atomic mass is 9.71. The van der Waals surface area contributed by atoms with Gasteiger partial charge < -0.3 is 11.1 Å². The molecule has 106 valence electrons. The molecule has 2 fully saturated rings. The van der Waals surface area contributed by atoms with Crippen LogP contribution in [0.3, 0.4) is 0 Å². The summed E-state index contributed by atoms with van der Waals surface area (Å²) < 4.78 is 0. The SMILES string of the molecule is CC1CCC(CN)(CNC2C(C)(C)C2(C)C)CC1. The van der Waals surface area contributed by atoms with Gasteiger partial charge in [0.2, 0.25) is 0 Å². The van der Waals surface area contributed by atoms with Crippen molar-refractivity contribution in [3.8, 4) is 0 Å². The first-order valence-corrected chi connectivity index (χ1v) is 7.69. The molecule has 18 heavy (non-hydrogen) atoms. The van der Waals surface area contributed by atoms with E-state index < -0.39 is 0 Å². The van der Waals surface area contributed by atoms with Gasteiger partial charge >= 0.3 is 0 Å². The molecule has 2 nitrogen and oxygen atoms in total. The van der Waals surface area contributed by atoms with Gasteiger partial charge in [-0.15, -0.1) is 0 Å². The van der Waals surface area contributed by atoms with Crippen LogP contribution in [0.15, 0.2) is 0 Å². The van der Waals surface area contributed by atoms with Crippen LogP contribution in [-0.4, -0.2) is 19.1 Å². The van der Waals surface area contributed by atoms with Crippen LogP contribution in [0.2, 0.25) is 0 Å². The first-order valence-electron chi connectivity index (χ1n) is 7.69. The van der Waals surface area contributed by atoms with E-state index in [1.165, 1.54) is 25.7 Å². The van der Waals surface area contributed by atoms with Gasteiger partial charge in [0.15, 0.2) is 0 Å². The molecule has 2 aliphatic carbocycles. The van der Waals surface area contributed by atoms with Crippen molar-refractivity contribution in [3.63, 3.8) is 0 Å². The summed E-state index contributed by atoms with van der Waals surface area (Å²) in [6.07, 6.45) is 5.34. The molecule has 0 amide bonds. The lowest BCUT2D eigenvalue weighted by molar-refractivity contribution is 0.156. The van der Waals surface area contributed by atoms with Gasteiger partial charge in [0.25, 0.3) is 0 Å². The molecule has 0 aromatic rings. The van der Waals surface area contributed by atoms with Gasteiger partial charge in [-0.3, -0.25) is 0 Å². The molecular weight excluding hydrogens is 220 g/mol. The van der Waals surface area contributed by atoms with Gasteiger partial charge in [0.1, 0.15) is 0 Å². The quantitative estimate of drug-likeness (QED) is 0.806. The maximum atomic E-state index is 6.09. The third kappa shape index (κ3) is 2.22. The predicted octanol–water partition coefficient (Wildman–Crippen LogP) is 3.17. The zero-order chi connectivity index (χ0) is 13.6. The first-order chi connectivity index (χ1) is 8.25. The van der Waals surface area contributed by atoms with Gasteiger partial charge in [-0.1, -0.05) is 47.5 Å². The average Bonchev–Trinajstić information content (AvgIpc) is 2.70. The second kappa shape index (κ2) is 4.49. The number of nitrogens with one attached hydrogen (secondary N) is 1. The zero-order valence-corrected chi connectivity index (χ0v) is 13.0. The second-order valence-electron chi connectivity index (χ2n) is 8.14. The maximum Gasteiger partial charge on any atom is 0.0181 e. The van der Waals surface area contributed by atoms with Crippen molar-refractivity contribution >= 4 is 0 Å². The zero-order valence-electron chi connectivity index (χ0n) is 13.0. The van der Waals surface area contributed by atoms with E-state index in [1.807, 2.05) is 0 Å². The van der Waals surface area contributed by atoms with Crippen LogP contribution in [0.25, 0.3) is 0 Å². The van der Waals surface area contributed by atoms with Gasteiger partial charge in [-0.25, -0.2) is 0 Å². The van der Waals surface area contributed by atoms with Gasteiger partial charge in [-0.05, 0) is 41.5 Å². The van der Waals surface area contributed by atoms with Crippen LogP contribution in [0, 0.1) is 22.2 Å². The largest absolute Gasteiger partial charge is 0.330 e. The van der Waals surface area contributed by atoms with Crippen molar-refractivity contribution in [3.05, 3.63) is 0 Å². The molecule has 0 unspecified atom stereocenters. The van der Waals surface area contributed by atoms with Crippen molar-refractivity contribution in [2.45, 2.75) is 66.3 Å². The molecule has 0 spiro atoms. The molecule has 0 heterocycles. The summed E-state index contributed by atoms with van der Waals surface area (Å²) >= 11 is 0. The summed E-state index contributed by atoms with van der Waals surface area (Å²) in [5.74, 6) is 0.901. The van der Waals surface area contributed by atoms with Crippen molar-refractivity contribution < 1.29 is 0 Å². The van der Waals surface area contributed by atoms with Gasteiger partial charge in [0.05, 0.1) is 0 Å². The third-order valence-electron chi connectivity index (χ3n) is 6.47. The van der Waals surface area contributed by atoms with E-state index in [2.05, 4.69) is 39.9 Å². The number of nitrogens with two attached hydrogens (primary N) is 1. The number of hydrogen-bond donors (Lipinski definition) is 2. The molecule has 0 radical (unpaired) electrons. The number of hydrogen-bond acceptors (Lipinski definition) is 2. The van der Waals surface area contributed by atoms with Crippen molar-refractivity contribution in [1.82, 2.24) is 5.32 Å². The smallest absolute Gasteiger partial charge is 0.0181 e. The highest BCUT2D eigenvalue weighted by atomic mass is 15.1. The summed E-state index contributed by atoms with van der Waals surface area (Å²) in [4.78, 5) is 0. The van der Waals surface area contributed by atoms with Crippen LogP contribution in [0.5, 0.6) is 0 Å². The molecule has 0 aromatic heterocycles. The highest BCUT2D eigenvalue weighted by Crippen LogP contribution is 2.62. The van der Waals surface area contributed by atoms with E-state index in [0.29, 0.717) is 22.3 Å². The summed E-state index contributed by atoms with van der Waals surface area (Å²) in [5, 5.41) is 3.83. The Bertz CT molecular complexity index is 284. The Morgan fingerprint density at radius 2 is 1.56 bits per heavy atom. The van der Waals surface area contributed by atoms with Crippen molar-refractivity contribution in [2.24, 2.45) is 27.9 Å². The van der Waals surface area contributed by atoms with E-state index >= 15 is 0 Å². The minimum atomic E-state index is 0.376. The van der Waals surface area contributed by atoms with Crippen LogP contribution in [-0.2, 0) is 0 Å². The average molecular weight is 252 g/mol. The molecule has 2 rings (SSSR count). The molecular formula is C16H32N2. The fraction of sp³-hybridized carbons (Fsp3) is 1.00. The molecule has 3 N–H and O–H groups in total. The van der Waals surface area contributed by atoms with E-state index in [0.717, 1.165) is 19.0 Å². The van der Waals surface area contributed by atoms with Crippen LogP contribution in [0.4, 0.5) is 0 Å². The molecule has 0 bridgehead atoms. The number of rotatable bonds is 4. The molecule has 2 aliphatic rings. The predicted molar refractivity (Wildman–Crippen MR) is 78.5 cm³/mol. The standard InChI is InChI=1S/C16H32N2/c1-12-6-8-16(10-17,9-7-12)11-18-13-14(2,3)15(13,4)5/h12-13,18H,6-11,17H2,1-5H3. The highest BCUT2D eigenvalue weighted by molar-refractivity contribution is 5.18. The maximum absolute atomic E-state index is 6.09. The fourth-order valence-corrected chi connectivity index (χ4v) is 3.85. The Hall–Kier alpha value is -0.0800. The summed E-state index contributed by atoms with van der Waals surface area (Å²) in [6, 6.07) is 0.660. The van der Waals surface area contributed by atoms with Crippen LogP contribution < -0.4 is 11.1 Å². The highest BCUT2D eigenvalue weighted by Gasteiger charge is 2.64. The molecule has 0 saturated heterocycles. The molecule has 2 heteroatoms. The monoisotopic (exact) mass is 252 g/mol. The molecule has 2 saturated carbocycles. The van der Waals surface area contributed by atoms with E-state index in [-0.39, 0.29) is 0 Å². The molecule has 0 aliphatic heterocycles. The Labute approximate surface area is 113 Å². The fourth-order valence-electron chi connectivity index (χ4n) is 3.85. The van der Waals surface area contributed by atoms with Gasteiger partial charge in [-0.2, -0.15) is 0 Å². The summed E-state index contributed by atoms with van der Waals surface area (Å²) in [6.45, 7) is 13.9. The van der Waals surface area contributed by atoms with Gasteiger partial charge in [0, 0.05) is 12.6 Å².